The van der Waals surface area contributed by atoms with Crippen LogP contribution in [0.25, 0.3) is 10.8 Å². The van der Waals surface area contributed by atoms with Crippen LogP contribution in [0.4, 0.5) is 0 Å². The van der Waals surface area contributed by atoms with Crippen LogP contribution < -0.4 is 0 Å². The Bertz CT molecular complexity index is 1280. The monoisotopic (exact) mass is 443 g/mol. The summed E-state index contributed by atoms with van der Waals surface area (Å²) in [5, 5.41) is 25.8. The van der Waals surface area contributed by atoms with Crippen LogP contribution >= 0.6 is 0 Å². The highest BCUT2D eigenvalue weighted by molar-refractivity contribution is 5.83. The van der Waals surface area contributed by atoms with Crippen LogP contribution in [0.2, 0.25) is 0 Å². The van der Waals surface area contributed by atoms with E-state index in [4.69, 9.17) is 4.74 Å². The zero-order valence-corrected chi connectivity index (χ0v) is 18.9. The lowest BCUT2D eigenvalue weighted by Gasteiger charge is -2.55. The lowest BCUT2D eigenvalue weighted by Crippen LogP contribution is -2.57. The van der Waals surface area contributed by atoms with E-state index < -0.39 is 28.3 Å². The van der Waals surface area contributed by atoms with Crippen LogP contribution in [0.5, 0.6) is 0 Å². The maximum Gasteiger partial charge on any atom is 0.136 e. The average molecular weight is 444 g/mol. The van der Waals surface area contributed by atoms with Crippen molar-refractivity contribution in [2.75, 3.05) is 0 Å². The Morgan fingerprint density at radius 1 is 1.15 bits per heavy atom. The number of Topliss-reactive ketones (excluding diaryl/α,β-unsaturated/α-hetero) is 1. The normalized spacial score (nSPS) is 43.5. The zero-order chi connectivity index (χ0) is 22.6. The molecule has 6 atom stereocenters. The van der Waals surface area contributed by atoms with Gasteiger partial charge in [-0.3, -0.25) is 9.78 Å². The fourth-order valence-electron chi connectivity index (χ4n) is 8.08. The van der Waals surface area contributed by atoms with E-state index in [1.807, 2.05) is 24.3 Å². The van der Waals surface area contributed by atoms with E-state index in [0.717, 1.165) is 35.6 Å². The molecule has 2 aromatic rings. The summed E-state index contributed by atoms with van der Waals surface area (Å²) in [4.78, 5) is 16.6. The molecule has 0 radical (unpaired) electrons. The molecule has 1 unspecified atom stereocenters. The van der Waals surface area contributed by atoms with Crippen molar-refractivity contribution in [2.24, 2.45) is 11.3 Å². The van der Waals surface area contributed by atoms with Crippen LogP contribution in [-0.2, 0) is 15.1 Å². The number of ether oxygens (including phenoxy) is 1. The fraction of sp³-hybridized carbons (Fsp3) is 0.500. The number of pyridine rings is 1. The van der Waals surface area contributed by atoms with Gasteiger partial charge in [-0.15, -0.1) is 0 Å². The second-order valence-electron chi connectivity index (χ2n) is 11.2. The summed E-state index contributed by atoms with van der Waals surface area (Å²) < 4.78 is 6.99. The van der Waals surface area contributed by atoms with E-state index in [9.17, 15) is 15.0 Å². The second kappa shape index (κ2) is 6.21. The first-order chi connectivity index (χ1) is 15.8. The number of allylic oxidation sites excluding steroid dienone is 1. The molecule has 2 spiro atoms. The Morgan fingerprint density at radius 3 is 2.91 bits per heavy atom. The number of ketones is 1. The van der Waals surface area contributed by atoms with Crippen molar-refractivity contribution < 1.29 is 19.7 Å². The van der Waals surface area contributed by atoms with Gasteiger partial charge in [0.05, 0.1) is 17.3 Å². The van der Waals surface area contributed by atoms with Crippen LogP contribution in [0, 0.1) is 11.3 Å². The molecule has 2 N–H and O–H groups in total. The maximum absolute atomic E-state index is 12.4. The van der Waals surface area contributed by atoms with E-state index >= 15 is 0 Å². The first kappa shape index (κ1) is 20.1. The summed E-state index contributed by atoms with van der Waals surface area (Å²) in [6.45, 7) is 2.11. The van der Waals surface area contributed by atoms with E-state index in [1.54, 1.807) is 12.4 Å². The Hall–Kier alpha value is -2.34. The molecule has 0 amide bonds. The van der Waals surface area contributed by atoms with Crippen LogP contribution in [-0.4, -0.2) is 38.3 Å². The van der Waals surface area contributed by atoms with Crippen molar-refractivity contribution in [1.29, 1.82) is 0 Å². The van der Waals surface area contributed by atoms with Gasteiger partial charge in [0.1, 0.15) is 11.4 Å². The van der Waals surface area contributed by atoms with Gasteiger partial charge in [0.15, 0.2) is 0 Å². The second-order valence-corrected chi connectivity index (χ2v) is 11.2. The van der Waals surface area contributed by atoms with Crippen LogP contribution in [0.1, 0.15) is 57.4 Å². The molecule has 7 rings (SSSR count). The summed E-state index contributed by atoms with van der Waals surface area (Å²) in [7, 11) is 0. The summed E-state index contributed by atoms with van der Waals surface area (Å²) in [6.07, 6.45) is 11.9. The molecule has 5 aliphatic rings. The van der Waals surface area contributed by atoms with Crippen molar-refractivity contribution in [3.05, 3.63) is 65.5 Å². The molecule has 2 bridgehead atoms. The van der Waals surface area contributed by atoms with E-state index in [-0.39, 0.29) is 11.7 Å². The highest BCUT2D eigenvalue weighted by Crippen LogP contribution is 2.70. The SMILES string of the molecule is C[C@]12CC=C3C=C4CCC(=O)C[C@]45CCC3(O5)[C@@H]1C[C@@H](O)[C@]2(O)c1ccc2ccncc2c1. The molecule has 1 aromatic heterocycles. The van der Waals surface area contributed by atoms with Gasteiger partial charge in [-0.1, -0.05) is 31.2 Å². The van der Waals surface area contributed by atoms with Crippen molar-refractivity contribution >= 4 is 16.6 Å². The minimum Gasteiger partial charge on any atom is -0.390 e. The summed E-state index contributed by atoms with van der Waals surface area (Å²) in [6, 6.07) is 7.88. The summed E-state index contributed by atoms with van der Waals surface area (Å²) >= 11 is 0. The molecular formula is C28H29NO4. The van der Waals surface area contributed by atoms with E-state index in [2.05, 4.69) is 24.1 Å². The number of aliphatic hydroxyl groups is 2. The third-order valence-electron chi connectivity index (χ3n) is 9.81. The number of nitrogens with zero attached hydrogens (tertiary/aromatic N) is 1. The van der Waals surface area contributed by atoms with Crippen molar-refractivity contribution in [2.45, 2.75) is 74.8 Å². The number of benzene rings is 1. The van der Waals surface area contributed by atoms with E-state index in [0.29, 0.717) is 25.7 Å². The highest BCUT2D eigenvalue weighted by atomic mass is 16.5. The number of aromatic nitrogens is 1. The van der Waals surface area contributed by atoms with Gasteiger partial charge in [-0.05, 0) is 66.3 Å². The standard InChI is InChI=1S/C28H29NO4/c1-25-8-6-20-13-19-4-5-22(30)15-26(19)9-10-27(20,33-26)23(25)14-24(31)28(25,32)21-3-2-17-7-11-29-16-18(17)12-21/h2-3,6-7,11-13,16,23-24,31-32H,4-5,8-10,14-15H2,1H3/t23-,24-,25+,26-,27?,28-/m1/s1. The quantitative estimate of drug-likeness (QED) is 0.693. The Morgan fingerprint density at radius 2 is 2.03 bits per heavy atom. The highest BCUT2D eigenvalue weighted by Gasteiger charge is 2.72. The lowest BCUT2D eigenvalue weighted by atomic mass is 9.56. The molecule has 2 saturated carbocycles. The topological polar surface area (TPSA) is 79.7 Å². The third kappa shape index (κ3) is 2.28. The summed E-state index contributed by atoms with van der Waals surface area (Å²) in [5.74, 6) is 0.242. The Labute approximate surface area is 193 Å². The first-order valence-corrected chi connectivity index (χ1v) is 12.2. The lowest BCUT2D eigenvalue weighted by molar-refractivity contribution is -0.174. The number of carbonyl (C=O) groups excluding carboxylic acids is 1. The number of carbonyl (C=O) groups is 1. The van der Waals surface area contributed by atoms with Gasteiger partial charge in [0.25, 0.3) is 0 Å². The van der Waals surface area contributed by atoms with E-state index in [1.165, 1.54) is 11.1 Å². The maximum atomic E-state index is 12.4. The average Bonchev–Trinajstić information content (AvgIpc) is 3.23. The Kier molecular flexibility index (Phi) is 3.77. The van der Waals surface area contributed by atoms with Crippen molar-refractivity contribution in [1.82, 2.24) is 4.98 Å². The number of hydrogen-bond acceptors (Lipinski definition) is 5. The number of hydrogen-bond donors (Lipinski definition) is 2. The Balaban J connectivity index is 1.37. The number of rotatable bonds is 1. The molecule has 33 heavy (non-hydrogen) atoms. The third-order valence-corrected chi connectivity index (χ3v) is 9.81. The zero-order valence-electron chi connectivity index (χ0n) is 18.9. The molecule has 3 heterocycles. The molecule has 3 fully saturated rings. The first-order valence-electron chi connectivity index (χ1n) is 12.2. The van der Waals surface area contributed by atoms with Gasteiger partial charge < -0.3 is 14.9 Å². The fourth-order valence-corrected chi connectivity index (χ4v) is 8.08. The number of fused-ring (bicyclic) bond motifs is 2. The van der Waals surface area contributed by atoms with Gasteiger partial charge >= 0.3 is 0 Å². The molecule has 1 aromatic carbocycles. The molecular weight excluding hydrogens is 414 g/mol. The van der Waals surface area contributed by atoms with Gasteiger partial charge in [0, 0.05) is 42.0 Å². The van der Waals surface area contributed by atoms with Crippen molar-refractivity contribution in [3.63, 3.8) is 0 Å². The number of aliphatic hydroxyl groups excluding tert-OH is 1. The summed E-state index contributed by atoms with van der Waals surface area (Å²) in [5.41, 5.74) is 0.179. The molecule has 3 aliphatic carbocycles. The van der Waals surface area contributed by atoms with Gasteiger partial charge in [0.2, 0.25) is 0 Å². The molecule has 170 valence electrons. The van der Waals surface area contributed by atoms with Crippen LogP contribution in [0.15, 0.2) is 60.0 Å². The molecule has 2 aliphatic heterocycles. The van der Waals surface area contributed by atoms with Crippen molar-refractivity contribution in [3.8, 4) is 0 Å². The smallest absolute Gasteiger partial charge is 0.136 e. The molecule has 5 nitrogen and oxygen atoms in total. The molecule has 5 heteroatoms. The molecule has 1 saturated heterocycles. The van der Waals surface area contributed by atoms with Crippen LogP contribution in [0.3, 0.4) is 0 Å². The van der Waals surface area contributed by atoms with Gasteiger partial charge in [-0.2, -0.15) is 0 Å². The minimum atomic E-state index is -1.40. The predicted molar refractivity (Wildman–Crippen MR) is 123 cm³/mol. The largest absolute Gasteiger partial charge is 0.390 e. The van der Waals surface area contributed by atoms with Gasteiger partial charge in [-0.25, -0.2) is 0 Å². The predicted octanol–water partition coefficient (Wildman–Crippen LogP) is 4.12. The minimum absolute atomic E-state index is 0.0381.